The van der Waals surface area contributed by atoms with Gasteiger partial charge in [-0.15, -0.1) is 0 Å². The van der Waals surface area contributed by atoms with Crippen molar-refractivity contribution in [3.63, 3.8) is 0 Å². The zero-order valence-corrected chi connectivity index (χ0v) is 8.84. The van der Waals surface area contributed by atoms with Crippen LogP contribution in [-0.2, 0) is 4.74 Å². The third-order valence-electron chi connectivity index (χ3n) is 2.61. The van der Waals surface area contributed by atoms with Gasteiger partial charge in [0, 0.05) is 0 Å². The van der Waals surface area contributed by atoms with Gasteiger partial charge in [-0.25, -0.2) is 0 Å². The molecule has 5 atom stereocenters. The molecule has 8 heteroatoms. The molecule has 0 saturated carbocycles. The quantitative estimate of drug-likeness (QED) is 0.265. The first kappa shape index (κ1) is 14.2. The number of hydrogen-bond acceptors (Lipinski definition) is 8. The van der Waals surface area contributed by atoms with Crippen LogP contribution < -0.4 is 0 Å². The molecule has 1 unspecified atom stereocenters. The summed E-state index contributed by atoms with van der Waals surface area (Å²) in [5, 5.41) is 64.4. The SMILES string of the molecule is OCC(O)=C(O)C1O[C@H](CO)[C@@H](O)[C@H](O)[C@H]1O. The molecule has 1 aliphatic heterocycles. The van der Waals surface area contributed by atoms with E-state index in [1.54, 1.807) is 0 Å². The van der Waals surface area contributed by atoms with Gasteiger partial charge in [-0.05, 0) is 0 Å². The van der Waals surface area contributed by atoms with Crippen molar-refractivity contribution in [3.8, 4) is 0 Å². The zero-order valence-electron chi connectivity index (χ0n) is 8.84. The molecule has 8 nitrogen and oxygen atoms in total. The fraction of sp³-hybridized carbons (Fsp3) is 0.778. The Morgan fingerprint density at radius 2 is 1.53 bits per heavy atom. The topological polar surface area (TPSA) is 151 Å². The molecule has 1 aliphatic rings. The highest BCUT2D eigenvalue weighted by atomic mass is 16.6. The van der Waals surface area contributed by atoms with Crippen molar-refractivity contribution < 1.29 is 40.5 Å². The molecule has 7 N–H and O–H groups in total. The Labute approximate surface area is 96.6 Å². The molecule has 1 heterocycles. The van der Waals surface area contributed by atoms with E-state index >= 15 is 0 Å². The fourth-order valence-corrected chi connectivity index (χ4v) is 1.57. The highest BCUT2D eigenvalue weighted by Crippen LogP contribution is 2.25. The van der Waals surface area contributed by atoms with Crippen LogP contribution in [0.3, 0.4) is 0 Å². The number of rotatable bonds is 3. The van der Waals surface area contributed by atoms with Gasteiger partial charge < -0.3 is 40.5 Å². The molecular formula is C9H16O8. The van der Waals surface area contributed by atoms with E-state index in [4.69, 9.17) is 20.1 Å². The van der Waals surface area contributed by atoms with Crippen LogP contribution >= 0.6 is 0 Å². The van der Waals surface area contributed by atoms with E-state index in [0.717, 1.165) is 0 Å². The van der Waals surface area contributed by atoms with Gasteiger partial charge in [-0.1, -0.05) is 0 Å². The summed E-state index contributed by atoms with van der Waals surface area (Å²) in [4.78, 5) is 0. The molecule has 1 saturated heterocycles. The predicted octanol–water partition coefficient (Wildman–Crippen LogP) is -2.85. The predicted molar refractivity (Wildman–Crippen MR) is 53.1 cm³/mol. The molecule has 0 radical (unpaired) electrons. The molecule has 100 valence electrons. The van der Waals surface area contributed by atoms with Gasteiger partial charge in [-0.2, -0.15) is 0 Å². The smallest absolute Gasteiger partial charge is 0.164 e. The highest BCUT2D eigenvalue weighted by Gasteiger charge is 2.45. The van der Waals surface area contributed by atoms with Crippen LogP contribution in [0.2, 0.25) is 0 Å². The van der Waals surface area contributed by atoms with Gasteiger partial charge in [-0.3, -0.25) is 0 Å². The van der Waals surface area contributed by atoms with Crippen molar-refractivity contribution in [1.29, 1.82) is 0 Å². The molecule has 1 fully saturated rings. The van der Waals surface area contributed by atoms with Crippen molar-refractivity contribution in [2.75, 3.05) is 13.2 Å². The Balaban J connectivity index is 2.93. The highest BCUT2D eigenvalue weighted by molar-refractivity contribution is 5.11. The lowest BCUT2D eigenvalue weighted by Crippen LogP contribution is -2.59. The Kier molecular flexibility index (Phi) is 4.69. The standard InChI is InChI=1S/C9H16O8/c10-1-3(12)5(13)9-8(16)7(15)6(14)4(2-11)17-9/h4,6-16H,1-2H2/t4-,6-,7+,8-,9?/m1/s1. The van der Waals surface area contributed by atoms with Gasteiger partial charge >= 0.3 is 0 Å². The monoisotopic (exact) mass is 252 g/mol. The zero-order chi connectivity index (χ0) is 13.2. The first-order valence-electron chi connectivity index (χ1n) is 4.96. The van der Waals surface area contributed by atoms with Crippen LogP contribution in [0.25, 0.3) is 0 Å². The first-order valence-corrected chi connectivity index (χ1v) is 4.96. The third-order valence-corrected chi connectivity index (χ3v) is 2.61. The van der Waals surface area contributed by atoms with E-state index in [-0.39, 0.29) is 0 Å². The average Bonchev–Trinajstić information content (AvgIpc) is 2.34. The number of aliphatic hydroxyl groups is 7. The van der Waals surface area contributed by atoms with E-state index in [1.807, 2.05) is 0 Å². The van der Waals surface area contributed by atoms with E-state index in [2.05, 4.69) is 0 Å². The molecule has 17 heavy (non-hydrogen) atoms. The fourth-order valence-electron chi connectivity index (χ4n) is 1.57. The second kappa shape index (κ2) is 5.63. The lowest BCUT2D eigenvalue weighted by molar-refractivity contribution is -0.226. The van der Waals surface area contributed by atoms with Gasteiger partial charge in [0.15, 0.2) is 11.5 Å². The molecule has 0 aromatic rings. The summed E-state index contributed by atoms with van der Waals surface area (Å²) in [6.07, 6.45) is -7.61. The molecule has 1 rings (SSSR count). The second-order valence-corrected chi connectivity index (χ2v) is 3.74. The van der Waals surface area contributed by atoms with E-state index in [9.17, 15) is 20.4 Å². The van der Waals surface area contributed by atoms with Crippen molar-refractivity contribution in [1.82, 2.24) is 0 Å². The molecule has 0 aliphatic carbocycles. The minimum Gasteiger partial charge on any atom is -0.506 e. The van der Waals surface area contributed by atoms with Crippen molar-refractivity contribution in [2.24, 2.45) is 0 Å². The van der Waals surface area contributed by atoms with Crippen molar-refractivity contribution >= 4 is 0 Å². The number of hydrogen-bond donors (Lipinski definition) is 7. The molecule has 0 spiro atoms. The van der Waals surface area contributed by atoms with E-state index in [1.165, 1.54) is 0 Å². The third kappa shape index (κ3) is 2.68. The second-order valence-electron chi connectivity index (χ2n) is 3.74. The summed E-state index contributed by atoms with van der Waals surface area (Å²) in [6, 6.07) is 0. The summed E-state index contributed by atoms with van der Waals surface area (Å²) in [6.45, 7) is -1.52. The Hall–Kier alpha value is -0.900. The average molecular weight is 252 g/mol. The summed E-state index contributed by atoms with van der Waals surface area (Å²) < 4.78 is 4.93. The maximum Gasteiger partial charge on any atom is 0.164 e. The minimum absolute atomic E-state index is 0.644. The van der Waals surface area contributed by atoms with Gasteiger partial charge in [0.05, 0.1) is 6.61 Å². The van der Waals surface area contributed by atoms with Crippen LogP contribution in [0, 0.1) is 0 Å². The molecule has 0 bridgehead atoms. The molecule has 0 amide bonds. The van der Waals surface area contributed by atoms with Crippen LogP contribution in [0.15, 0.2) is 11.5 Å². The first-order chi connectivity index (χ1) is 7.93. The van der Waals surface area contributed by atoms with Crippen molar-refractivity contribution in [2.45, 2.75) is 30.5 Å². The largest absolute Gasteiger partial charge is 0.506 e. The Morgan fingerprint density at radius 1 is 0.941 bits per heavy atom. The maximum absolute atomic E-state index is 9.53. The van der Waals surface area contributed by atoms with E-state index < -0.39 is 55.3 Å². The summed E-state index contributed by atoms with van der Waals surface area (Å²) in [7, 11) is 0. The number of aliphatic hydroxyl groups excluding tert-OH is 7. The number of ether oxygens (including phenoxy) is 1. The molecule has 0 aromatic carbocycles. The normalized spacial score (nSPS) is 39.9. The van der Waals surface area contributed by atoms with Gasteiger partial charge in [0.25, 0.3) is 0 Å². The van der Waals surface area contributed by atoms with Crippen LogP contribution in [0.5, 0.6) is 0 Å². The maximum atomic E-state index is 9.53. The minimum atomic E-state index is -1.69. The van der Waals surface area contributed by atoms with Crippen LogP contribution in [0.4, 0.5) is 0 Å². The van der Waals surface area contributed by atoms with Crippen molar-refractivity contribution in [3.05, 3.63) is 11.5 Å². The summed E-state index contributed by atoms with van der Waals surface area (Å²) in [5.74, 6) is -1.68. The molecular weight excluding hydrogens is 236 g/mol. The Bertz CT molecular complexity index is 289. The van der Waals surface area contributed by atoms with Crippen LogP contribution in [0.1, 0.15) is 0 Å². The Morgan fingerprint density at radius 3 is 2.00 bits per heavy atom. The lowest BCUT2D eigenvalue weighted by atomic mass is 9.94. The lowest BCUT2D eigenvalue weighted by Gasteiger charge is -2.39. The molecule has 0 aromatic heterocycles. The van der Waals surface area contributed by atoms with Crippen LogP contribution in [-0.4, -0.2) is 79.5 Å². The van der Waals surface area contributed by atoms with E-state index in [0.29, 0.717) is 0 Å². The van der Waals surface area contributed by atoms with Gasteiger partial charge in [0.1, 0.15) is 37.1 Å². The summed E-state index contributed by atoms with van der Waals surface area (Å²) in [5.41, 5.74) is 0. The summed E-state index contributed by atoms with van der Waals surface area (Å²) >= 11 is 0. The van der Waals surface area contributed by atoms with Gasteiger partial charge in [0.2, 0.25) is 0 Å².